The van der Waals surface area contributed by atoms with Gasteiger partial charge in [0.25, 0.3) is 0 Å². The molecule has 0 spiro atoms. The predicted octanol–water partition coefficient (Wildman–Crippen LogP) is 5.94. The van der Waals surface area contributed by atoms with Gasteiger partial charge in [-0.3, -0.25) is 0 Å². The van der Waals surface area contributed by atoms with E-state index in [0.29, 0.717) is 5.88 Å². The van der Waals surface area contributed by atoms with Crippen LogP contribution in [0, 0.1) is 13.8 Å². The number of ether oxygens (including phenoxy) is 1. The zero-order valence-electron chi connectivity index (χ0n) is 16.5. The Labute approximate surface area is 170 Å². The number of aromatic nitrogens is 2. The highest BCUT2D eigenvalue weighted by Gasteiger charge is 2.27. The molecule has 0 fully saturated rings. The number of hydrogen-bond donors (Lipinski definition) is 0. The summed E-state index contributed by atoms with van der Waals surface area (Å²) in [6.45, 7) is 4.15. The van der Waals surface area contributed by atoms with Crippen LogP contribution >= 0.6 is 0 Å². The molecule has 0 atom stereocenters. The molecule has 5 rings (SSSR count). The summed E-state index contributed by atoms with van der Waals surface area (Å²) >= 11 is 0. The molecule has 1 aromatic heterocycles. The normalized spacial score (nSPS) is 12.5. The number of para-hydroxylation sites is 2. The largest absolute Gasteiger partial charge is 0.437 e. The van der Waals surface area contributed by atoms with Crippen LogP contribution in [0.5, 0.6) is 11.6 Å². The molecule has 0 saturated heterocycles. The fourth-order valence-electron chi connectivity index (χ4n) is 3.61. The third-order valence-corrected chi connectivity index (χ3v) is 5.19. The standard InChI is InChI=1S/C25H21N3O/c1-17-11-13-19(14-12-17)16-26-24-22-15-20-8-6-7-18(2)23(20)29-25(22)27-28(24)21-9-4-3-5-10-21/h3-14,16H,15H2,1-2H3. The van der Waals surface area contributed by atoms with Crippen LogP contribution in [0.3, 0.4) is 0 Å². The molecule has 29 heavy (non-hydrogen) atoms. The Morgan fingerprint density at radius 1 is 0.931 bits per heavy atom. The van der Waals surface area contributed by atoms with E-state index in [0.717, 1.165) is 45.9 Å². The van der Waals surface area contributed by atoms with Crippen LogP contribution in [0.4, 0.5) is 5.82 Å². The fraction of sp³-hybridized carbons (Fsp3) is 0.120. The molecule has 2 heterocycles. The van der Waals surface area contributed by atoms with Crippen molar-refractivity contribution in [3.05, 3.63) is 101 Å². The first-order valence-corrected chi connectivity index (χ1v) is 9.73. The van der Waals surface area contributed by atoms with E-state index < -0.39 is 0 Å². The minimum absolute atomic E-state index is 0.631. The quantitative estimate of drug-likeness (QED) is 0.364. The first-order valence-electron chi connectivity index (χ1n) is 9.73. The second-order valence-electron chi connectivity index (χ2n) is 7.37. The molecule has 0 radical (unpaired) electrons. The number of hydrogen-bond acceptors (Lipinski definition) is 3. The van der Waals surface area contributed by atoms with Gasteiger partial charge in [0.15, 0.2) is 5.82 Å². The molecule has 4 heteroatoms. The van der Waals surface area contributed by atoms with Gasteiger partial charge in [0.05, 0.1) is 11.3 Å². The van der Waals surface area contributed by atoms with Gasteiger partial charge in [-0.2, -0.15) is 0 Å². The van der Waals surface area contributed by atoms with Crippen molar-refractivity contribution in [2.24, 2.45) is 4.99 Å². The maximum absolute atomic E-state index is 6.21. The summed E-state index contributed by atoms with van der Waals surface area (Å²) in [5.41, 5.74) is 6.54. The van der Waals surface area contributed by atoms with Gasteiger partial charge in [-0.15, -0.1) is 5.10 Å². The summed E-state index contributed by atoms with van der Waals surface area (Å²) in [5, 5.41) is 4.77. The van der Waals surface area contributed by atoms with Gasteiger partial charge in [0.1, 0.15) is 5.75 Å². The minimum Gasteiger partial charge on any atom is -0.437 e. The molecule has 1 aliphatic heterocycles. The van der Waals surface area contributed by atoms with Crippen LogP contribution in [0.2, 0.25) is 0 Å². The van der Waals surface area contributed by atoms with Gasteiger partial charge >= 0.3 is 0 Å². The molecule has 3 aromatic carbocycles. The van der Waals surface area contributed by atoms with Crippen LogP contribution in [-0.4, -0.2) is 16.0 Å². The van der Waals surface area contributed by atoms with Crippen LogP contribution in [0.1, 0.15) is 27.8 Å². The van der Waals surface area contributed by atoms with Gasteiger partial charge < -0.3 is 4.74 Å². The smallest absolute Gasteiger partial charge is 0.244 e. The van der Waals surface area contributed by atoms with Gasteiger partial charge in [-0.1, -0.05) is 66.2 Å². The number of rotatable bonds is 3. The summed E-state index contributed by atoms with van der Waals surface area (Å²) in [4.78, 5) is 4.85. The lowest BCUT2D eigenvalue weighted by Gasteiger charge is -2.17. The number of benzene rings is 3. The highest BCUT2D eigenvalue weighted by atomic mass is 16.5. The van der Waals surface area contributed by atoms with Crippen LogP contribution in [0.25, 0.3) is 5.69 Å². The molecule has 0 bridgehead atoms. The summed E-state index contributed by atoms with van der Waals surface area (Å²) < 4.78 is 8.08. The molecule has 4 nitrogen and oxygen atoms in total. The summed E-state index contributed by atoms with van der Waals surface area (Å²) in [6, 6.07) is 24.6. The van der Waals surface area contributed by atoms with Crippen LogP contribution in [-0.2, 0) is 6.42 Å². The number of aryl methyl sites for hydroxylation is 2. The zero-order chi connectivity index (χ0) is 19.8. The third kappa shape index (κ3) is 3.23. The molecule has 4 aromatic rings. The Kier molecular flexibility index (Phi) is 4.24. The Hall–Kier alpha value is -3.66. The molecular formula is C25H21N3O. The fourth-order valence-corrected chi connectivity index (χ4v) is 3.61. The van der Waals surface area contributed by atoms with E-state index in [1.54, 1.807) is 0 Å². The van der Waals surface area contributed by atoms with E-state index in [4.69, 9.17) is 14.8 Å². The number of nitrogens with zero attached hydrogens (tertiary/aromatic N) is 3. The molecule has 0 aliphatic carbocycles. The predicted molar refractivity (Wildman–Crippen MR) is 116 cm³/mol. The maximum Gasteiger partial charge on any atom is 0.244 e. The Bertz CT molecular complexity index is 1210. The third-order valence-electron chi connectivity index (χ3n) is 5.19. The van der Waals surface area contributed by atoms with E-state index in [2.05, 4.69) is 56.3 Å². The summed E-state index contributed by atoms with van der Waals surface area (Å²) in [6.07, 6.45) is 2.64. The van der Waals surface area contributed by atoms with Gasteiger partial charge in [-0.05, 0) is 42.7 Å². The van der Waals surface area contributed by atoms with Crippen LogP contribution in [0.15, 0.2) is 77.8 Å². The first kappa shape index (κ1) is 17.4. The van der Waals surface area contributed by atoms with E-state index in [-0.39, 0.29) is 0 Å². The van der Waals surface area contributed by atoms with Gasteiger partial charge in [0, 0.05) is 12.6 Å². The maximum atomic E-state index is 6.21. The lowest BCUT2D eigenvalue weighted by molar-refractivity contribution is 0.435. The van der Waals surface area contributed by atoms with Crippen molar-refractivity contribution in [1.82, 2.24) is 9.78 Å². The lowest BCUT2D eigenvalue weighted by Crippen LogP contribution is -2.03. The van der Waals surface area contributed by atoms with E-state index in [9.17, 15) is 0 Å². The van der Waals surface area contributed by atoms with Gasteiger partial charge in [-0.25, -0.2) is 9.67 Å². The number of aliphatic imine (C=N–C) groups is 1. The molecule has 0 amide bonds. The highest BCUT2D eigenvalue weighted by molar-refractivity contribution is 5.82. The van der Waals surface area contributed by atoms with Gasteiger partial charge in [0.2, 0.25) is 5.88 Å². The SMILES string of the molecule is Cc1ccc(C=Nc2c3c(nn2-c2ccccc2)Oc2c(C)cccc2C3)cc1. The van der Waals surface area contributed by atoms with Crippen molar-refractivity contribution in [1.29, 1.82) is 0 Å². The first-order chi connectivity index (χ1) is 14.2. The lowest BCUT2D eigenvalue weighted by atomic mass is 10.0. The number of fused-ring (bicyclic) bond motifs is 2. The minimum atomic E-state index is 0.631. The molecule has 0 saturated carbocycles. The average molecular weight is 379 g/mol. The van der Waals surface area contributed by atoms with Crippen molar-refractivity contribution < 1.29 is 4.74 Å². The van der Waals surface area contributed by atoms with E-state index in [1.807, 2.05) is 41.2 Å². The van der Waals surface area contributed by atoms with Crippen molar-refractivity contribution in [3.63, 3.8) is 0 Å². The summed E-state index contributed by atoms with van der Waals surface area (Å²) in [5.74, 6) is 2.34. The second-order valence-corrected chi connectivity index (χ2v) is 7.37. The Balaban J connectivity index is 1.63. The molecule has 142 valence electrons. The van der Waals surface area contributed by atoms with Crippen molar-refractivity contribution >= 4 is 12.0 Å². The highest BCUT2D eigenvalue weighted by Crippen LogP contribution is 2.42. The zero-order valence-corrected chi connectivity index (χ0v) is 16.5. The topological polar surface area (TPSA) is 39.4 Å². The van der Waals surface area contributed by atoms with E-state index in [1.165, 1.54) is 5.56 Å². The molecule has 0 N–H and O–H groups in total. The molecule has 0 unspecified atom stereocenters. The summed E-state index contributed by atoms with van der Waals surface area (Å²) in [7, 11) is 0. The van der Waals surface area contributed by atoms with Crippen molar-refractivity contribution in [2.45, 2.75) is 20.3 Å². The van der Waals surface area contributed by atoms with Crippen LogP contribution < -0.4 is 4.74 Å². The second kappa shape index (κ2) is 7.06. The van der Waals surface area contributed by atoms with Crippen molar-refractivity contribution in [2.75, 3.05) is 0 Å². The molecule has 1 aliphatic rings. The van der Waals surface area contributed by atoms with E-state index >= 15 is 0 Å². The average Bonchev–Trinajstić information content (AvgIpc) is 3.10. The van der Waals surface area contributed by atoms with Crippen molar-refractivity contribution in [3.8, 4) is 17.3 Å². The molecular weight excluding hydrogens is 358 g/mol. The Morgan fingerprint density at radius 3 is 2.52 bits per heavy atom. The Morgan fingerprint density at radius 2 is 1.72 bits per heavy atom. The monoisotopic (exact) mass is 379 g/mol.